The fourth-order valence-corrected chi connectivity index (χ4v) is 6.60. The average Bonchev–Trinajstić information content (AvgIpc) is 3.40. The number of rotatable bonds is 7. The number of aryl methyl sites for hydroxylation is 1. The number of methoxy groups -OCH3 is 1. The highest BCUT2D eigenvalue weighted by molar-refractivity contribution is 8.01. The highest BCUT2D eigenvalue weighted by Gasteiger charge is 2.42. The number of thioether (sulfide) groups is 1. The van der Waals surface area contributed by atoms with Crippen molar-refractivity contribution in [3.8, 4) is 11.8 Å². The first kappa shape index (κ1) is 26.5. The molecule has 0 radical (unpaired) electrons. The van der Waals surface area contributed by atoms with Crippen LogP contribution in [0.1, 0.15) is 36.3 Å². The number of benzene rings is 2. The molecule has 3 N–H and O–H groups in total. The second-order valence-corrected chi connectivity index (χ2v) is 11.3. The molecule has 1 unspecified atom stereocenters. The second-order valence-electron chi connectivity index (χ2n) is 9.12. The maximum absolute atomic E-state index is 13.3. The van der Waals surface area contributed by atoms with E-state index in [4.69, 9.17) is 10.5 Å². The summed E-state index contributed by atoms with van der Waals surface area (Å²) in [5.74, 6) is 0.141. The first-order valence-corrected chi connectivity index (χ1v) is 14.1. The minimum Gasteiger partial charge on any atom is -0.496 e. The molecule has 5 rings (SSSR count). The number of Topliss-reactive ketones (excluding diaryl/α,β-unsaturated/α-hetero) is 1. The van der Waals surface area contributed by atoms with Gasteiger partial charge >= 0.3 is 0 Å². The van der Waals surface area contributed by atoms with E-state index in [1.165, 1.54) is 23.1 Å². The Morgan fingerprint density at radius 3 is 2.85 bits per heavy atom. The number of nitriles is 1. The van der Waals surface area contributed by atoms with Crippen LogP contribution in [0.3, 0.4) is 0 Å². The predicted octanol–water partition coefficient (Wildman–Crippen LogP) is 4.89. The monoisotopic (exact) mass is 558 g/mol. The van der Waals surface area contributed by atoms with E-state index < -0.39 is 5.92 Å². The van der Waals surface area contributed by atoms with Crippen molar-refractivity contribution >= 4 is 45.6 Å². The van der Waals surface area contributed by atoms with Crippen LogP contribution in [-0.2, 0) is 9.59 Å². The van der Waals surface area contributed by atoms with Crippen LogP contribution in [0.25, 0.3) is 0 Å². The van der Waals surface area contributed by atoms with Crippen LogP contribution >= 0.6 is 23.1 Å². The minimum atomic E-state index is -0.628. The second kappa shape index (κ2) is 11.3. The van der Waals surface area contributed by atoms with Crippen LogP contribution in [-0.4, -0.2) is 34.8 Å². The number of nitrogens with two attached hydrogens (primary N) is 1. The molecule has 3 aromatic rings. The van der Waals surface area contributed by atoms with Gasteiger partial charge in [0.2, 0.25) is 11.0 Å². The number of nitrogens with one attached hydrogen (secondary N) is 1. The predicted molar refractivity (Wildman–Crippen MR) is 151 cm³/mol. The largest absolute Gasteiger partial charge is 0.496 e. The lowest BCUT2D eigenvalue weighted by molar-refractivity contribution is -0.116. The summed E-state index contributed by atoms with van der Waals surface area (Å²) in [5.41, 5.74) is 10.7. The molecule has 1 aromatic heterocycles. The van der Waals surface area contributed by atoms with E-state index in [2.05, 4.69) is 21.6 Å². The number of aromatic nitrogens is 2. The molecular formula is C28H26N6O3S2. The van der Waals surface area contributed by atoms with Gasteiger partial charge in [-0.2, -0.15) is 5.26 Å². The molecule has 2 heterocycles. The lowest BCUT2D eigenvalue weighted by atomic mass is 9.75. The van der Waals surface area contributed by atoms with Crippen molar-refractivity contribution in [2.75, 3.05) is 23.1 Å². The van der Waals surface area contributed by atoms with Gasteiger partial charge in [-0.3, -0.25) is 14.5 Å². The molecule has 2 aromatic carbocycles. The van der Waals surface area contributed by atoms with Crippen molar-refractivity contribution in [2.45, 2.75) is 36.4 Å². The van der Waals surface area contributed by atoms with Crippen LogP contribution in [0.5, 0.6) is 5.75 Å². The molecule has 0 spiro atoms. The quantitative estimate of drug-likeness (QED) is 0.389. The van der Waals surface area contributed by atoms with E-state index in [1.807, 2.05) is 55.5 Å². The van der Waals surface area contributed by atoms with Gasteiger partial charge in [0, 0.05) is 28.9 Å². The highest BCUT2D eigenvalue weighted by Crippen LogP contribution is 2.48. The lowest BCUT2D eigenvalue weighted by Gasteiger charge is -2.38. The van der Waals surface area contributed by atoms with E-state index in [0.717, 1.165) is 22.5 Å². The molecule has 1 atom stereocenters. The molecule has 0 bridgehead atoms. The maximum atomic E-state index is 13.3. The molecule has 198 valence electrons. The minimum absolute atomic E-state index is 0.0238. The number of carbonyl (C=O) groups excluding carboxylic acids is 2. The summed E-state index contributed by atoms with van der Waals surface area (Å²) in [6.45, 7) is 1.96. The van der Waals surface area contributed by atoms with Gasteiger partial charge < -0.3 is 15.8 Å². The number of allylic oxidation sites excluding steroid dienone is 3. The number of ether oxygens (including phenoxy) is 1. The smallest absolute Gasteiger partial charge is 0.234 e. The van der Waals surface area contributed by atoms with Gasteiger partial charge in [0.1, 0.15) is 11.6 Å². The van der Waals surface area contributed by atoms with Gasteiger partial charge in [-0.15, -0.1) is 10.2 Å². The topological polar surface area (TPSA) is 134 Å². The van der Waals surface area contributed by atoms with Crippen molar-refractivity contribution in [1.29, 1.82) is 5.26 Å². The van der Waals surface area contributed by atoms with E-state index in [-0.39, 0.29) is 28.8 Å². The van der Waals surface area contributed by atoms with E-state index >= 15 is 0 Å². The van der Waals surface area contributed by atoms with E-state index in [9.17, 15) is 14.9 Å². The molecule has 1 aliphatic carbocycles. The van der Waals surface area contributed by atoms with Gasteiger partial charge in [-0.1, -0.05) is 53.4 Å². The standard InChI is InChI=1S/C28H26N6O3S2/c1-16-7-5-8-17(13-16)31-23(36)15-38-28-33-32-27(39-28)34-20-10-6-11-21(35)25(20)24(19(14-29)26(34)30)18-9-3-4-12-22(18)37-2/h3-5,7-9,12-13,24H,6,10-11,15,30H2,1-2H3,(H,31,36). The Morgan fingerprint density at radius 1 is 1.26 bits per heavy atom. The first-order chi connectivity index (χ1) is 18.9. The maximum Gasteiger partial charge on any atom is 0.234 e. The fourth-order valence-electron chi connectivity index (χ4n) is 4.92. The zero-order valence-corrected chi connectivity index (χ0v) is 23.1. The van der Waals surface area contributed by atoms with Crippen LogP contribution < -0.4 is 20.7 Å². The Hall–Kier alpha value is -4.14. The summed E-state index contributed by atoms with van der Waals surface area (Å²) >= 11 is 2.52. The summed E-state index contributed by atoms with van der Waals surface area (Å²) in [4.78, 5) is 27.5. The highest BCUT2D eigenvalue weighted by atomic mass is 32.2. The molecule has 0 saturated carbocycles. The third-order valence-corrected chi connectivity index (χ3v) is 8.62. The Balaban J connectivity index is 1.44. The van der Waals surface area contributed by atoms with Gasteiger partial charge in [0.05, 0.1) is 30.4 Å². The molecule has 1 aliphatic heterocycles. The zero-order valence-electron chi connectivity index (χ0n) is 21.4. The van der Waals surface area contributed by atoms with Crippen molar-refractivity contribution in [1.82, 2.24) is 10.2 Å². The number of amides is 1. The zero-order chi connectivity index (χ0) is 27.5. The van der Waals surface area contributed by atoms with Crippen LogP contribution in [0.4, 0.5) is 10.8 Å². The Kier molecular flexibility index (Phi) is 7.67. The summed E-state index contributed by atoms with van der Waals surface area (Å²) in [5, 5.41) is 22.1. The van der Waals surface area contributed by atoms with Crippen molar-refractivity contribution in [3.05, 3.63) is 82.3 Å². The van der Waals surface area contributed by atoms with Crippen LogP contribution in [0.15, 0.2) is 75.5 Å². The molecule has 0 saturated heterocycles. The number of ketones is 1. The lowest BCUT2D eigenvalue weighted by Crippen LogP contribution is -2.38. The fraction of sp³-hybridized carbons (Fsp3) is 0.250. The van der Waals surface area contributed by atoms with Crippen LogP contribution in [0, 0.1) is 18.3 Å². The molecule has 1 amide bonds. The Morgan fingerprint density at radius 2 is 2.08 bits per heavy atom. The summed E-state index contributed by atoms with van der Waals surface area (Å²) in [6, 6.07) is 17.2. The summed E-state index contributed by atoms with van der Waals surface area (Å²) in [7, 11) is 1.56. The van der Waals surface area contributed by atoms with Crippen molar-refractivity contribution < 1.29 is 14.3 Å². The number of hydrogen-bond acceptors (Lipinski definition) is 10. The Bertz CT molecular complexity index is 1550. The molecule has 9 nitrogen and oxygen atoms in total. The van der Waals surface area contributed by atoms with E-state index in [1.54, 1.807) is 12.0 Å². The third kappa shape index (κ3) is 5.26. The van der Waals surface area contributed by atoms with Gasteiger partial charge in [-0.05, 0) is 43.5 Å². The number of hydrogen-bond donors (Lipinski definition) is 2. The third-order valence-electron chi connectivity index (χ3n) is 6.58. The summed E-state index contributed by atoms with van der Waals surface area (Å²) in [6.07, 6.45) is 1.67. The normalized spacial score (nSPS) is 17.1. The number of anilines is 2. The first-order valence-electron chi connectivity index (χ1n) is 12.3. The number of para-hydroxylation sites is 1. The van der Waals surface area contributed by atoms with E-state index in [0.29, 0.717) is 40.1 Å². The van der Waals surface area contributed by atoms with Crippen LogP contribution in [0.2, 0.25) is 0 Å². The Labute approximate surface area is 234 Å². The number of carbonyl (C=O) groups is 2. The molecule has 39 heavy (non-hydrogen) atoms. The number of nitrogens with zero attached hydrogens (tertiary/aromatic N) is 4. The average molecular weight is 559 g/mol. The van der Waals surface area contributed by atoms with Crippen molar-refractivity contribution in [3.63, 3.8) is 0 Å². The molecule has 11 heteroatoms. The van der Waals surface area contributed by atoms with Gasteiger partial charge in [0.15, 0.2) is 10.1 Å². The summed E-state index contributed by atoms with van der Waals surface area (Å²) < 4.78 is 6.15. The SMILES string of the molecule is COc1ccccc1C1C(C#N)=C(N)N(c2nnc(SCC(=O)Nc3cccc(C)c3)s2)C2=C1C(=O)CCC2. The molecule has 2 aliphatic rings. The van der Waals surface area contributed by atoms with Gasteiger partial charge in [-0.25, -0.2) is 0 Å². The van der Waals surface area contributed by atoms with Crippen molar-refractivity contribution in [2.24, 2.45) is 5.73 Å². The van der Waals surface area contributed by atoms with Gasteiger partial charge in [0.25, 0.3) is 0 Å². The molecular weight excluding hydrogens is 532 g/mol. The molecule has 0 fully saturated rings.